The number of nitrogens with one attached hydrogen (secondary N) is 1. The molecule has 0 amide bonds. The van der Waals surface area contributed by atoms with E-state index in [1.807, 2.05) is 6.07 Å². The van der Waals surface area contributed by atoms with Gasteiger partial charge in [-0.3, -0.25) is 9.80 Å². The third-order valence-corrected chi connectivity index (χ3v) is 4.22. The predicted octanol–water partition coefficient (Wildman–Crippen LogP) is 0.785. The number of hydrogen-bond acceptors (Lipinski definition) is 4. The van der Waals surface area contributed by atoms with E-state index in [2.05, 4.69) is 33.3 Å². The molecule has 0 radical (unpaired) electrons. The van der Waals surface area contributed by atoms with Gasteiger partial charge in [0.05, 0.1) is 7.11 Å². The Morgan fingerprint density at radius 3 is 2.63 bits per heavy atom. The van der Waals surface area contributed by atoms with Crippen molar-refractivity contribution in [3.63, 3.8) is 0 Å². The SMILES string of the molecule is COc1cccc(CN2CCN(C3CNC3)CC2)c1. The third kappa shape index (κ3) is 3.08. The summed E-state index contributed by atoms with van der Waals surface area (Å²) in [6.45, 7) is 8.15. The normalized spacial score (nSPS) is 22.2. The zero-order valence-corrected chi connectivity index (χ0v) is 11.6. The van der Waals surface area contributed by atoms with Crippen molar-refractivity contribution in [3.05, 3.63) is 29.8 Å². The number of ether oxygens (including phenoxy) is 1. The molecule has 3 rings (SSSR count). The summed E-state index contributed by atoms with van der Waals surface area (Å²) in [7, 11) is 1.73. The molecule has 0 unspecified atom stereocenters. The molecule has 2 saturated heterocycles. The van der Waals surface area contributed by atoms with Gasteiger partial charge in [-0.25, -0.2) is 0 Å². The fourth-order valence-corrected chi connectivity index (χ4v) is 2.85. The van der Waals surface area contributed by atoms with Crippen molar-refractivity contribution < 1.29 is 4.74 Å². The average molecular weight is 261 g/mol. The zero-order chi connectivity index (χ0) is 13.1. The smallest absolute Gasteiger partial charge is 0.119 e. The number of rotatable bonds is 4. The Morgan fingerprint density at radius 2 is 2.00 bits per heavy atom. The van der Waals surface area contributed by atoms with Crippen LogP contribution in [0.25, 0.3) is 0 Å². The fraction of sp³-hybridized carbons (Fsp3) is 0.600. The Labute approximate surface area is 115 Å². The third-order valence-electron chi connectivity index (χ3n) is 4.22. The second kappa shape index (κ2) is 5.90. The summed E-state index contributed by atoms with van der Waals surface area (Å²) in [5, 5.41) is 3.35. The largest absolute Gasteiger partial charge is 0.497 e. The molecular formula is C15H23N3O. The number of methoxy groups -OCH3 is 1. The van der Waals surface area contributed by atoms with Crippen molar-refractivity contribution in [2.75, 3.05) is 46.4 Å². The Hall–Kier alpha value is -1.10. The topological polar surface area (TPSA) is 27.7 Å². The van der Waals surface area contributed by atoms with Crippen molar-refractivity contribution >= 4 is 0 Å². The summed E-state index contributed by atoms with van der Waals surface area (Å²) < 4.78 is 5.28. The lowest BCUT2D eigenvalue weighted by molar-refractivity contribution is 0.0695. The van der Waals surface area contributed by atoms with Gasteiger partial charge in [-0.15, -0.1) is 0 Å². The molecule has 0 bridgehead atoms. The van der Waals surface area contributed by atoms with Crippen molar-refractivity contribution in [2.45, 2.75) is 12.6 Å². The average Bonchev–Trinajstić information content (AvgIpc) is 2.39. The lowest BCUT2D eigenvalue weighted by Gasteiger charge is -2.43. The summed E-state index contributed by atoms with van der Waals surface area (Å²) in [6, 6.07) is 9.20. The van der Waals surface area contributed by atoms with E-state index in [4.69, 9.17) is 4.74 Å². The maximum absolute atomic E-state index is 5.28. The molecule has 1 aromatic carbocycles. The maximum atomic E-state index is 5.28. The van der Waals surface area contributed by atoms with Crippen molar-refractivity contribution in [1.29, 1.82) is 0 Å². The molecule has 4 nitrogen and oxygen atoms in total. The highest BCUT2D eigenvalue weighted by molar-refractivity contribution is 5.28. The van der Waals surface area contributed by atoms with E-state index < -0.39 is 0 Å². The molecule has 2 heterocycles. The van der Waals surface area contributed by atoms with Gasteiger partial charge < -0.3 is 10.1 Å². The highest BCUT2D eigenvalue weighted by Gasteiger charge is 2.27. The van der Waals surface area contributed by atoms with Crippen LogP contribution in [-0.4, -0.2) is 62.2 Å². The number of benzene rings is 1. The monoisotopic (exact) mass is 261 g/mol. The van der Waals surface area contributed by atoms with Gasteiger partial charge in [-0.2, -0.15) is 0 Å². The number of nitrogens with zero attached hydrogens (tertiary/aromatic N) is 2. The molecule has 1 N–H and O–H groups in total. The predicted molar refractivity (Wildman–Crippen MR) is 76.5 cm³/mol. The first kappa shape index (κ1) is 12.9. The molecule has 104 valence electrons. The second-order valence-corrected chi connectivity index (χ2v) is 5.48. The van der Waals surface area contributed by atoms with Gasteiger partial charge in [-0.05, 0) is 17.7 Å². The van der Waals surface area contributed by atoms with Crippen molar-refractivity contribution in [3.8, 4) is 5.75 Å². The number of piperazine rings is 1. The Bertz CT molecular complexity index is 412. The van der Waals surface area contributed by atoms with Crippen LogP contribution in [0.2, 0.25) is 0 Å². The maximum Gasteiger partial charge on any atom is 0.119 e. The van der Waals surface area contributed by atoms with Crippen LogP contribution in [0.4, 0.5) is 0 Å². The summed E-state index contributed by atoms with van der Waals surface area (Å²) in [6.07, 6.45) is 0. The van der Waals surface area contributed by atoms with E-state index >= 15 is 0 Å². The quantitative estimate of drug-likeness (QED) is 0.867. The van der Waals surface area contributed by atoms with E-state index in [0.29, 0.717) is 0 Å². The van der Waals surface area contributed by atoms with Crippen LogP contribution in [0.3, 0.4) is 0 Å². The van der Waals surface area contributed by atoms with E-state index in [0.717, 1.165) is 18.3 Å². The van der Waals surface area contributed by atoms with Crippen LogP contribution in [0.1, 0.15) is 5.56 Å². The van der Waals surface area contributed by atoms with Crippen LogP contribution in [0.5, 0.6) is 5.75 Å². The Kier molecular flexibility index (Phi) is 4.01. The standard InChI is InChI=1S/C15H23N3O/c1-19-15-4-2-3-13(9-15)12-17-5-7-18(8-6-17)14-10-16-11-14/h2-4,9,14,16H,5-8,10-12H2,1H3. The van der Waals surface area contributed by atoms with Crippen molar-refractivity contribution in [1.82, 2.24) is 15.1 Å². The molecule has 0 spiro atoms. The summed E-state index contributed by atoms with van der Waals surface area (Å²) in [5.41, 5.74) is 1.35. The lowest BCUT2D eigenvalue weighted by atomic mass is 10.1. The van der Waals surface area contributed by atoms with Crippen LogP contribution in [-0.2, 0) is 6.54 Å². The van der Waals surface area contributed by atoms with Gasteiger partial charge in [0, 0.05) is 51.9 Å². The molecule has 2 fully saturated rings. The van der Waals surface area contributed by atoms with E-state index in [9.17, 15) is 0 Å². The van der Waals surface area contributed by atoms with Gasteiger partial charge in [-0.1, -0.05) is 12.1 Å². The van der Waals surface area contributed by atoms with Gasteiger partial charge in [0.1, 0.15) is 5.75 Å². The van der Waals surface area contributed by atoms with E-state index in [1.54, 1.807) is 7.11 Å². The molecule has 1 aromatic rings. The Morgan fingerprint density at radius 1 is 1.21 bits per heavy atom. The first-order chi connectivity index (χ1) is 9.35. The summed E-state index contributed by atoms with van der Waals surface area (Å²) >= 11 is 0. The highest BCUT2D eigenvalue weighted by Crippen LogP contribution is 2.16. The molecule has 4 heteroatoms. The Balaban J connectivity index is 1.51. The van der Waals surface area contributed by atoms with E-state index in [-0.39, 0.29) is 0 Å². The van der Waals surface area contributed by atoms with Crippen LogP contribution >= 0.6 is 0 Å². The molecule has 0 saturated carbocycles. The van der Waals surface area contributed by atoms with Crippen molar-refractivity contribution in [2.24, 2.45) is 0 Å². The van der Waals surface area contributed by atoms with E-state index in [1.165, 1.54) is 44.8 Å². The van der Waals surface area contributed by atoms with Gasteiger partial charge in [0.15, 0.2) is 0 Å². The first-order valence-corrected chi connectivity index (χ1v) is 7.15. The summed E-state index contributed by atoms with van der Waals surface area (Å²) in [5.74, 6) is 0.955. The van der Waals surface area contributed by atoms with Crippen LogP contribution < -0.4 is 10.1 Å². The zero-order valence-electron chi connectivity index (χ0n) is 11.6. The van der Waals surface area contributed by atoms with Crippen LogP contribution in [0, 0.1) is 0 Å². The van der Waals surface area contributed by atoms with Gasteiger partial charge >= 0.3 is 0 Å². The fourth-order valence-electron chi connectivity index (χ4n) is 2.85. The van der Waals surface area contributed by atoms with Crippen LogP contribution in [0.15, 0.2) is 24.3 Å². The molecule has 0 atom stereocenters. The van der Waals surface area contributed by atoms with Gasteiger partial charge in [0.2, 0.25) is 0 Å². The lowest BCUT2D eigenvalue weighted by Crippen LogP contribution is -2.61. The molecule has 0 aromatic heterocycles. The minimum atomic E-state index is 0.791. The molecule has 2 aliphatic rings. The highest BCUT2D eigenvalue weighted by atomic mass is 16.5. The second-order valence-electron chi connectivity index (χ2n) is 5.48. The number of hydrogen-bond donors (Lipinski definition) is 1. The minimum Gasteiger partial charge on any atom is -0.497 e. The molecule has 19 heavy (non-hydrogen) atoms. The molecule has 2 aliphatic heterocycles. The van der Waals surface area contributed by atoms with Gasteiger partial charge in [0.25, 0.3) is 0 Å². The molecule has 0 aliphatic carbocycles. The first-order valence-electron chi connectivity index (χ1n) is 7.15. The molecular weight excluding hydrogens is 238 g/mol. The minimum absolute atomic E-state index is 0.791. The summed E-state index contributed by atoms with van der Waals surface area (Å²) in [4.78, 5) is 5.16.